The van der Waals surface area contributed by atoms with E-state index in [1.165, 1.54) is 16.9 Å². The number of hydrogen-bond acceptors (Lipinski definition) is 4. The first-order valence-electron chi connectivity index (χ1n) is 7.83. The summed E-state index contributed by atoms with van der Waals surface area (Å²) in [5, 5.41) is 2.63. The molecule has 2 saturated heterocycles. The van der Waals surface area contributed by atoms with E-state index in [1.54, 1.807) is 5.51 Å². The number of carbonyl (C=O) groups is 1. The van der Waals surface area contributed by atoms with Crippen molar-refractivity contribution in [3.8, 4) is 0 Å². The van der Waals surface area contributed by atoms with Crippen molar-refractivity contribution in [1.29, 1.82) is 0 Å². The Balaban J connectivity index is 1.36. The van der Waals surface area contributed by atoms with E-state index in [1.807, 2.05) is 28.5 Å². The van der Waals surface area contributed by atoms with Crippen molar-refractivity contribution in [3.63, 3.8) is 0 Å². The van der Waals surface area contributed by atoms with Crippen molar-refractivity contribution in [3.05, 3.63) is 51.4 Å². The van der Waals surface area contributed by atoms with E-state index >= 15 is 0 Å². The third-order valence-electron chi connectivity index (χ3n) is 4.80. The summed E-state index contributed by atoms with van der Waals surface area (Å²) in [7, 11) is 0. The van der Waals surface area contributed by atoms with Gasteiger partial charge in [0.05, 0.1) is 5.51 Å². The van der Waals surface area contributed by atoms with Gasteiger partial charge in [-0.25, -0.2) is 4.98 Å². The first kappa shape index (κ1) is 15.1. The number of amides is 1. The van der Waals surface area contributed by atoms with Crippen LogP contribution in [0.3, 0.4) is 0 Å². The van der Waals surface area contributed by atoms with Crippen molar-refractivity contribution in [2.45, 2.75) is 6.54 Å². The summed E-state index contributed by atoms with van der Waals surface area (Å²) in [6.45, 7) is 4.75. The van der Waals surface area contributed by atoms with Crippen molar-refractivity contribution >= 4 is 28.8 Å². The van der Waals surface area contributed by atoms with Crippen LogP contribution < -0.4 is 0 Å². The molecule has 23 heavy (non-hydrogen) atoms. The number of thiazole rings is 1. The molecule has 4 rings (SSSR count). The summed E-state index contributed by atoms with van der Waals surface area (Å²) < 4.78 is 0. The molecule has 0 saturated carbocycles. The fourth-order valence-electron chi connectivity index (χ4n) is 3.76. The smallest absolute Gasteiger partial charge is 0.273 e. The highest BCUT2D eigenvalue weighted by Crippen LogP contribution is 2.32. The molecule has 2 aliphatic heterocycles. The monoisotopic (exact) mass is 347 g/mol. The standard InChI is InChI=1S/C17H18ClN3OS/c18-15-3-1-2-12(4-15)5-20-6-13-8-21(9-14(13)7-20)17(22)16-10-23-11-19-16/h1-4,10-11,13-14H,5-9H2/t13-,14-/m0/s1. The Bertz CT molecular complexity index is 692. The Hall–Kier alpha value is -1.43. The summed E-state index contributed by atoms with van der Waals surface area (Å²) in [5.41, 5.74) is 3.57. The zero-order valence-corrected chi connectivity index (χ0v) is 14.3. The molecule has 0 spiro atoms. The highest BCUT2D eigenvalue weighted by atomic mass is 35.5. The number of aromatic nitrogens is 1. The molecule has 1 amide bonds. The van der Waals surface area contributed by atoms with Crippen molar-refractivity contribution in [1.82, 2.24) is 14.8 Å². The summed E-state index contributed by atoms with van der Waals surface area (Å²) in [6, 6.07) is 8.07. The third-order valence-corrected chi connectivity index (χ3v) is 5.62. The van der Waals surface area contributed by atoms with Crippen LogP contribution in [0, 0.1) is 11.8 Å². The second kappa shape index (κ2) is 6.23. The fourth-order valence-corrected chi connectivity index (χ4v) is 4.50. The molecule has 0 unspecified atom stereocenters. The maximum Gasteiger partial charge on any atom is 0.273 e. The number of carbonyl (C=O) groups excluding carboxylic acids is 1. The lowest BCUT2D eigenvalue weighted by molar-refractivity contribution is 0.0768. The van der Waals surface area contributed by atoms with Crippen LogP contribution in [-0.4, -0.2) is 46.9 Å². The zero-order valence-electron chi connectivity index (χ0n) is 12.7. The second-order valence-corrected chi connectivity index (χ2v) is 7.58. The van der Waals surface area contributed by atoms with Crippen LogP contribution >= 0.6 is 22.9 Å². The molecule has 0 radical (unpaired) electrons. The molecule has 120 valence electrons. The highest BCUT2D eigenvalue weighted by Gasteiger charge is 2.41. The lowest BCUT2D eigenvalue weighted by atomic mass is 10.0. The predicted molar refractivity (Wildman–Crippen MR) is 91.7 cm³/mol. The maximum atomic E-state index is 12.4. The number of fused-ring (bicyclic) bond motifs is 1. The number of hydrogen-bond donors (Lipinski definition) is 0. The van der Waals surface area contributed by atoms with Gasteiger partial charge in [-0.05, 0) is 29.5 Å². The Labute approximate surface area is 144 Å². The molecule has 1 aromatic heterocycles. The summed E-state index contributed by atoms with van der Waals surface area (Å²) in [6.07, 6.45) is 0. The van der Waals surface area contributed by atoms with Crippen molar-refractivity contribution in [2.75, 3.05) is 26.2 Å². The average Bonchev–Trinajstić information content (AvgIpc) is 3.22. The average molecular weight is 348 g/mol. The molecular formula is C17H18ClN3OS. The van der Waals surface area contributed by atoms with Gasteiger partial charge < -0.3 is 4.90 Å². The highest BCUT2D eigenvalue weighted by molar-refractivity contribution is 7.07. The van der Waals surface area contributed by atoms with E-state index in [0.29, 0.717) is 17.5 Å². The normalized spacial score (nSPS) is 24.1. The topological polar surface area (TPSA) is 36.4 Å². The molecule has 6 heteroatoms. The molecule has 0 bridgehead atoms. The first-order valence-corrected chi connectivity index (χ1v) is 9.15. The minimum absolute atomic E-state index is 0.0852. The van der Waals surface area contributed by atoms with Gasteiger partial charge in [0.2, 0.25) is 0 Å². The molecule has 4 nitrogen and oxygen atoms in total. The van der Waals surface area contributed by atoms with Gasteiger partial charge in [-0.2, -0.15) is 0 Å². The van der Waals surface area contributed by atoms with Crippen LogP contribution in [0.15, 0.2) is 35.2 Å². The van der Waals surface area contributed by atoms with E-state index in [0.717, 1.165) is 37.7 Å². The number of nitrogens with zero attached hydrogens (tertiary/aromatic N) is 3. The number of benzene rings is 1. The number of rotatable bonds is 3. The molecule has 0 aliphatic carbocycles. The predicted octanol–water partition coefficient (Wildman–Crippen LogP) is 3.00. The largest absolute Gasteiger partial charge is 0.337 e. The minimum atomic E-state index is 0.0852. The molecule has 0 N–H and O–H groups in total. The number of halogens is 1. The van der Waals surface area contributed by atoms with Crippen LogP contribution in [0.25, 0.3) is 0 Å². The van der Waals surface area contributed by atoms with Crippen LogP contribution in [0.1, 0.15) is 16.1 Å². The first-order chi connectivity index (χ1) is 11.2. The van der Waals surface area contributed by atoms with Crippen LogP contribution in [0.5, 0.6) is 0 Å². The molecule has 2 aromatic rings. The van der Waals surface area contributed by atoms with E-state index in [4.69, 9.17) is 11.6 Å². The van der Waals surface area contributed by atoms with E-state index in [9.17, 15) is 4.79 Å². The van der Waals surface area contributed by atoms with Gasteiger partial charge in [0.25, 0.3) is 5.91 Å². The Morgan fingerprint density at radius 1 is 1.26 bits per heavy atom. The van der Waals surface area contributed by atoms with Gasteiger partial charge in [0.15, 0.2) is 0 Å². The molecule has 3 heterocycles. The van der Waals surface area contributed by atoms with Gasteiger partial charge in [-0.1, -0.05) is 23.7 Å². The summed E-state index contributed by atoms with van der Waals surface area (Å²) >= 11 is 7.53. The van der Waals surface area contributed by atoms with E-state index in [-0.39, 0.29) is 5.91 Å². The zero-order chi connectivity index (χ0) is 15.8. The van der Waals surface area contributed by atoms with Gasteiger partial charge in [0, 0.05) is 43.1 Å². The minimum Gasteiger partial charge on any atom is -0.337 e. The summed E-state index contributed by atoms with van der Waals surface area (Å²) in [4.78, 5) is 21.0. The van der Waals surface area contributed by atoms with Crippen LogP contribution in [0.2, 0.25) is 5.02 Å². The third kappa shape index (κ3) is 3.13. The Kier molecular flexibility index (Phi) is 4.09. The molecule has 1 aromatic carbocycles. The Morgan fingerprint density at radius 3 is 2.70 bits per heavy atom. The lowest BCUT2D eigenvalue weighted by Crippen LogP contribution is -2.33. The molecule has 2 aliphatic rings. The Morgan fingerprint density at radius 2 is 2.04 bits per heavy atom. The fraction of sp³-hybridized carbons (Fsp3) is 0.412. The summed E-state index contributed by atoms with van der Waals surface area (Å²) in [5.74, 6) is 1.25. The quantitative estimate of drug-likeness (QED) is 0.856. The molecule has 2 atom stereocenters. The van der Waals surface area contributed by atoms with E-state index in [2.05, 4.69) is 16.0 Å². The second-order valence-electron chi connectivity index (χ2n) is 6.43. The molecule has 2 fully saturated rings. The van der Waals surface area contributed by atoms with Gasteiger partial charge in [-0.3, -0.25) is 9.69 Å². The van der Waals surface area contributed by atoms with Crippen molar-refractivity contribution < 1.29 is 4.79 Å². The lowest BCUT2D eigenvalue weighted by Gasteiger charge is -2.21. The van der Waals surface area contributed by atoms with Crippen molar-refractivity contribution in [2.24, 2.45) is 11.8 Å². The number of likely N-dealkylation sites (tertiary alicyclic amines) is 2. The van der Waals surface area contributed by atoms with Gasteiger partial charge in [0.1, 0.15) is 5.69 Å². The van der Waals surface area contributed by atoms with Crippen LogP contribution in [-0.2, 0) is 6.54 Å². The SMILES string of the molecule is O=C(c1cscn1)N1C[C@@H]2CN(Cc3cccc(Cl)c3)C[C@H]2C1. The molecular weight excluding hydrogens is 330 g/mol. The maximum absolute atomic E-state index is 12.4. The van der Waals surface area contributed by atoms with Gasteiger partial charge >= 0.3 is 0 Å². The van der Waals surface area contributed by atoms with Crippen LogP contribution in [0.4, 0.5) is 0 Å². The van der Waals surface area contributed by atoms with E-state index < -0.39 is 0 Å². The van der Waals surface area contributed by atoms with Gasteiger partial charge in [-0.15, -0.1) is 11.3 Å².